The zero-order chi connectivity index (χ0) is 20.3. The molecule has 152 valence electrons. The van der Waals surface area contributed by atoms with Crippen molar-refractivity contribution in [2.45, 2.75) is 30.9 Å². The Balaban J connectivity index is 1.35. The maximum Gasteiger partial charge on any atom is 0.234 e. The van der Waals surface area contributed by atoms with Gasteiger partial charge in [0.05, 0.1) is 16.3 Å². The number of aromatic nitrogens is 4. The topological polar surface area (TPSA) is 72.2 Å². The van der Waals surface area contributed by atoms with E-state index in [4.69, 9.17) is 5.10 Å². The third-order valence-corrected chi connectivity index (χ3v) is 7.44. The molecule has 3 aromatic heterocycles. The highest BCUT2D eigenvalue weighted by Gasteiger charge is 2.17. The fourth-order valence-electron chi connectivity index (χ4n) is 3.70. The van der Waals surface area contributed by atoms with Crippen LogP contribution in [0.1, 0.15) is 25.7 Å². The molecule has 0 aliphatic heterocycles. The lowest BCUT2D eigenvalue weighted by Crippen LogP contribution is -2.15. The molecule has 0 spiro atoms. The van der Waals surface area contributed by atoms with Gasteiger partial charge in [-0.25, -0.2) is 0 Å². The second kappa shape index (κ2) is 8.57. The minimum Gasteiger partial charge on any atom is -0.325 e. The molecule has 6 nitrogen and oxygen atoms in total. The van der Waals surface area contributed by atoms with Gasteiger partial charge in [0, 0.05) is 16.5 Å². The third kappa shape index (κ3) is 4.11. The van der Waals surface area contributed by atoms with Crippen molar-refractivity contribution < 1.29 is 4.79 Å². The molecule has 1 aromatic carbocycles. The number of benzene rings is 1. The van der Waals surface area contributed by atoms with Crippen molar-refractivity contribution in [3.8, 4) is 22.0 Å². The van der Waals surface area contributed by atoms with E-state index in [9.17, 15) is 4.79 Å². The van der Waals surface area contributed by atoms with Gasteiger partial charge in [-0.3, -0.25) is 4.79 Å². The van der Waals surface area contributed by atoms with E-state index in [0.29, 0.717) is 16.6 Å². The van der Waals surface area contributed by atoms with Gasteiger partial charge in [0.25, 0.3) is 0 Å². The minimum absolute atomic E-state index is 0.0475. The number of carbonyl (C=O) groups is 1. The lowest BCUT2D eigenvalue weighted by molar-refractivity contribution is -0.113. The van der Waals surface area contributed by atoms with E-state index in [0.717, 1.165) is 27.6 Å². The predicted molar refractivity (Wildman–Crippen MR) is 123 cm³/mol. The van der Waals surface area contributed by atoms with Gasteiger partial charge in [0.2, 0.25) is 5.91 Å². The van der Waals surface area contributed by atoms with Crippen LogP contribution in [0.4, 0.5) is 5.69 Å². The summed E-state index contributed by atoms with van der Waals surface area (Å²) in [4.78, 5) is 13.4. The molecule has 1 fully saturated rings. The highest BCUT2D eigenvalue weighted by atomic mass is 32.2. The Hall–Kier alpha value is -2.71. The van der Waals surface area contributed by atoms with Crippen LogP contribution in [0.5, 0.6) is 0 Å². The summed E-state index contributed by atoms with van der Waals surface area (Å²) in [7, 11) is 0. The van der Waals surface area contributed by atoms with Crippen LogP contribution in [-0.4, -0.2) is 36.7 Å². The first-order valence-electron chi connectivity index (χ1n) is 10.0. The van der Waals surface area contributed by atoms with E-state index in [2.05, 4.69) is 15.5 Å². The van der Waals surface area contributed by atoms with Gasteiger partial charge in [0.1, 0.15) is 0 Å². The minimum atomic E-state index is 0.0475. The largest absolute Gasteiger partial charge is 0.325 e. The molecule has 1 aliphatic rings. The Kier molecular flexibility index (Phi) is 5.50. The van der Waals surface area contributed by atoms with E-state index in [-0.39, 0.29) is 5.91 Å². The van der Waals surface area contributed by atoms with Gasteiger partial charge < -0.3 is 5.32 Å². The van der Waals surface area contributed by atoms with Crippen molar-refractivity contribution in [1.29, 1.82) is 0 Å². The Morgan fingerprint density at radius 3 is 2.87 bits per heavy atom. The first-order chi connectivity index (χ1) is 14.8. The lowest BCUT2D eigenvalue weighted by atomic mass is 10.1. The Labute approximate surface area is 182 Å². The second-order valence-electron chi connectivity index (χ2n) is 7.34. The summed E-state index contributed by atoms with van der Waals surface area (Å²) >= 11 is 3.38. The number of amides is 1. The molecule has 0 atom stereocenters. The molecule has 0 bridgehead atoms. The van der Waals surface area contributed by atoms with Crippen molar-refractivity contribution in [3.05, 3.63) is 53.9 Å². The number of hydrogen-bond acceptors (Lipinski definition) is 6. The van der Waals surface area contributed by atoms with Crippen molar-refractivity contribution in [1.82, 2.24) is 19.8 Å². The molecule has 1 aliphatic carbocycles. The number of thiophene rings is 1. The van der Waals surface area contributed by atoms with Crippen molar-refractivity contribution >= 4 is 40.3 Å². The molecule has 0 radical (unpaired) electrons. The molecule has 4 aromatic rings. The van der Waals surface area contributed by atoms with Crippen molar-refractivity contribution in [2.75, 3.05) is 11.1 Å². The summed E-state index contributed by atoms with van der Waals surface area (Å²) in [5.41, 5.74) is 3.23. The van der Waals surface area contributed by atoms with Gasteiger partial charge in [-0.1, -0.05) is 31.0 Å². The zero-order valence-corrected chi connectivity index (χ0v) is 18.0. The Morgan fingerprint density at radius 1 is 1.13 bits per heavy atom. The number of rotatable bonds is 6. The Morgan fingerprint density at radius 2 is 2.03 bits per heavy atom. The van der Waals surface area contributed by atoms with E-state index in [1.165, 1.54) is 25.7 Å². The highest BCUT2D eigenvalue weighted by molar-refractivity contribution is 8.00. The first kappa shape index (κ1) is 19.3. The van der Waals surface area contributed by atoms with Crippen LogP contribution in [0.2, 0.25) is 0 Å². The summed E-state index contributed by atoms with van der Waals surface area (Å²) in [6, 6.07) is 15.6. The quantitative estimate of drug-likeness (QED) is 0.454. The van der Waals surface area contributed by atoms with E-state index in [1.54, 1.807) is 27.6 Å². The number of anilines is 1. The van der Waals surface area contributed by atoms with E-state index < -0.39 is 0 Å². The normalized spacial score (nSPS) is 14.4. The number of thioether (sulfide) groups is 1. The lowest BCUT2D eigenvalue weighted by Gasteiger charge is -2.10. The molecule has 1 saturated carbocycles. The number of nitrogens with zero attached hydrogens (tertiary/aromatic N) is 4. The number of hydrogen-bond donors (Lipinski definition) is 1. The first-order valence-corrected chi connectivity index (χ1v) is 12.0. The maximum absolute atomic E-state index is 12.4. The van der Waals surface area contributed by atoms with Crippen molar-refractivity contribution in [2.24, 2.45) is 0 Å². The smallest absolute Gasteiger partial charge is 0.234 e. The molecule has 3 heterocycles. The zero-order valence-electron chi connectivity index (χ0n) is 16.3. The van der Waals surface area contributed by atoms with Gasteiger partial charge in [-0.15, -0.1) is 33.3 Å². The summed E-state index contributed by atoms with van der Waals surface area (Å²) in [6.45, 7) is 0. The SMILES string of the molecule is O=C(CSC1CCCC1)Nc1cccc(-c2ccc3nnc(-c4cccs4)n3n2)c1. The maximum atomic E-state index is 12.4. The number of fused-ring (bicyclic) bond motifs is 1. The Bertz CT molecular complexity index is 1170. The van der Waals surface area contributed by atoms with Gasteiger partial charge in [0.15, 0.2) is 11.5 Å². The standard InChI is InChI=1S/C22H21N5OS2/c28-21(14-30-17-7-1-2-8-17)23-16-6-3-5-15(13-16)18-10-11-20-24-25-22(27(20)26-18)19-9-4-12-29-19/h3-6,9-13,17H,1-2,7-8,14H2,(H,23,28). The number of nitrogens with one attached hydrogen (secondary N) is 1. The van der Waals surface area contributed by atoms with Crippen LogP contribution in [-0.2, 0) is 4.79 Å². The van der Waals surface area contributed by atoms with Crippen LogP contribution < -0.4 is 5.32 Å². The average molecular weight is 436 g/mol. The third-order valence-electron chi connectivity index (χ3n) is 5.20. The molecule has 1 N–H and O–H groups in total. The molecular formula is C22H21N5OS2. The summed E-state index contributed by atoms with van der Waals surface area (Å²) < 4.78 is 1.77. The molecule has 0 unspecified atom stereocenters. The average Bonchev–Trinajstić information content (AvgIpc) is 3.53. The van der Waals surface area contributed by atoms with Gasteiger partial charge in [-0.05, 0) is 48.6 Å². The van der Waals surface area contributed by atoms with Gasteiger partial charge in [-0.2, -0.15) is 9.61 Å². The fourth-order valence-corrected chi connectivity index (χ4v) is 5.52. The predicted octanol–water partition coefficient (Wildman–Crippen LogP) is 5.13. The van der Waals surface area contributed by atoms with E-state index >= 15 is 0 Å². The van der Waals surface area contributed by atoms with E-state index in [1.807, 2.05) is 53.9 Å². The molecule has 30 heavy (non-hydrogen) atoms. The van der Waals surface area contributed by atoms with Gasteiger partial charge >= 0.3 is 0 Å². The summed E-state index contributed by atoms with van der Waals surface area (Å²) in [5.74, 6) is 1.28. The fraction of sp³-hybridized carbons (Fsp3) is 0.273. The molecule has 8 heteroatoms. The van der Waals surface area contributed by atoms with Crippen LogP contribution >= 0.6 is 23.1 Å². The van der Waals surface area contributed by atoms with Crippen LogP contribution in [0.15, 0.2) is 53.9 Å². The van der Waals surface area contributed by atoms with Crippen LogP contribution in [0, 0.1) is 0 Å². The molecule has 0 saturated heterocycles. The van der Waals surface area contributed by atoms with Crippen LogP contribution in [0.25, 0.3) is 27.6 Å². The summed E-state index contributed by atoms with van der Waals surface area (Å²) in [6.07, 6.45) is 5.05. The van der Waals surface area contributed by atoms with Crippen LogP contribution in [0.3, 0.4) is 0 Å². The number of carbonyl (C=O) groups excluding carboxylic acids is 1. The molecular weight excluding hydrogens is 414 g/mol. The highest BCUT2D eigenvalue weighted by Crippen LogP contribution is 2.29. The van der Waals surface area contributed by atoms with Crippen molar-refractivity contribution in [3.63, 3.8) is 0 Å². The summed E-state index contributed by atoms with van der Waals surface area (Å²) in [5, 5.41) is 18.9. The second-order valence-corrected chi connectivity index (χ2v) is 9.57. The monoisotopic (exact) mass is 435 g/mol. The molecule has 5 rings (SSSR count). The molecule has 1 amide bonds.